The first kappa shape index (κ1) is 16.0. The predicted molar refractivity (Wildman–Crippen MR) is 81.3 cm³/mol. The van der Waals surface area contributed by atoms with Crippen LogP contribution in [-0.4, -0.2) is 43.3 Å². The Hall–Kier alpha value is -1.33. The van der Waals surface area contributed by atoms with Crippen LogP contribution in [0.4, 0.5) is 4.39 Å². The molecule has 0 spiro atoms. The van der Waals surface area contributed by atoms with Gasteiger partial charge in [0.15, 0.2) is 11.5 Å². The molecule has 2 rings (SSSR count). The van der Waals surface area contributed by atoms with E-state index < -0.39 is 0 Å². The quantitative estimate of drug-likeness (QED) is 0.900. The lowest BCUT2D eigenvalue weighted by molar-refractivity contribution is 0.0836. The van der Waals surface area contributed by atoms with Gasteiger partial charge in [-0.25, -0.2) is 4.39 Å². The number of ether oxygens (including phenoxy) is 1. The molecule has 5 heteroatoms. The molecular weight excluding hydrogens is 271 g/mol. The average Bonchev–Trinajstić information content (AvgIpc) is 2.42. The summed E-state index contributed by atoms with van der Waals surface area (Å²) in [7, 11) is 1.44. The zero-order valence-electron chi connectivity index (χ0n) is 13.2. The highest BCUT2D eigenvalue weighted by Crippen LogP contribution is 2.45. The highest BCUT2D eigenvalue weighted by atomic mass is 19.1. The summed E-state index contributed by atoms with van der Waals surface area (Å²) >= 11 is 0. The van der Waals surface area contributed by atoms with Gasteiger partial charge in [-0.15, -0.1) is 0 Å². The van der Waals surface area contributed by atoms with Gasteiger partial charge < -0.3 is 15.2 Å². The molecule has 0 aromatic heterocycles. The van der Waals surface area contributed by atoms with E-state index in [9.17, 15) is 9.50 Å². The Morgan fingerprint density at radius 1 is 1.29 bits per heavy atom. The molecule has 2 N–H and O–H groups in total. The standard InChI is InChI=1S/C16H25FN2O2/c1-16(2,3)15(19-7-5-18-6-8-19)12-9-11(17)10-13(21-4)14(12)20/h9-10,15,18,20H,5-8H2,1-4H3/t15-/m1/s1. The van der Waals surface area contributed by atoms with Crippen molar-refractivity contribution in [3.05, 3.63) is 23.5 Å². The van der Waals surface area contributed by atoms with Crippen LogP contribution >= 0.6 is 0 Å². The van der Waals surface area contributed by atoms with Gasteiger partial charge in [0.2, 0.25) is 0 Å². The Bertz CT molecular complexity index is 494. The first-order valence-corrected chi connectivity index (χ1v) is 7.35. The molecule has 0 radical (unpaired) electrons. The Balaban J connectivity index is 2.48. The number of benzene rings is 1. The number of aromatic hydroxyl groups is 1. The first-order chi connectivity index (χ1) is 9.84. The summed E-state index contributed by atoms with van der Waals surface area (Å²) in [5, 5.41) is 13.8. The van der Waals surface area contributed by atoms with Crippen LogP contribution in [0.3, 0.4) is 0 Å². The topological polar surface area (TPSA) is 44.7 Å². The van der Waals surface area contributed by atoms with Gasteiger partial charge in [-0.2, -0.15) is 0 Å². The molecule has 0 amide bonds. The van der Waals surface area contributed by atoms with Crippen molar-refractivity contribution in [1.82, 2.24) is 10.2 Å². The van der Waals surface area contributed by atoms with E-state index in [-0.39, 0.29) is 28.8 Å². The Morgan fingerprint density at radius 2 is 1.90 bits per heavy atom. The van der Waals surface area contributed by atoms with Gasteiger partial charge >= 0.3 is 0 Å². The lowest BCUT2D eigenvalue weighted by Gasteiger charge is -2.42. The minimum Gasteiger partial charge on any atom is -0.504 e. The Kier molecular flexibility index (Phi) is 4.74. The number of piperazine rings is 1. The number of phenols is 1. The number of methoxy groups -OCH3 is 1. The SMILES string of the molecule is COc1cc(F)cc([C@@H](N2CCNCC2)C(C)(C)C)c1O. The normalized spacial score (nSPS) is 18.5. The number of nitrogens with one attached hydrogen (secondary N) is 1. The van der Waals surface area contributed by atoms with E-state index in [1.165, 1.54) is 19.2 Å². The van der Waals surface area contributed by atoms with Crippen molar-refractivity contribution < 1.29 is 14.2 Å². The summed E-state index contributed by atoms with van der Waals surface area (Å²) in [5.74, 6) is -0.157. The second kappa shape index (κ2) is 6.20. The molecule has 0 unspecified atom stereocenters. The minimum absolute atomic E-state index is 0.0392. The third-order valence-corrected chi connectivity index (χ3v) is 3.92. The summed E-state index contributed by atoms with van der Waals surface area (Å²) in [4.78, 5) is 2.30. The van der Waals surface area contributed by atoms with E-state index in [4.69, 9.17) is 4.74 Å². The van der Waals surface area contributed by atoms with Crippen LogP contribution in [0.25, 0.3) is 0 Å². The molecule has 118 valence electrons. The number of rotatable bonds is 3. The van der Waals surface area contributed by atoms with Crippen molar-refractivity contribution in [3.63, 3.8) is 0 Å². The van der Waals surface area contributed by atoms with Gasteiger partial charge in [0, 0.05) is 43.9 Å². The summed E-state index contributed by atoms with van der Waals surface area (Å²) in [5.41, 5.74) is 0.467. The van der Waals surface area contributed by atoms with Crippen LogP contribution < -0.4 is 10.1 Å². The molecule has 21 heavy (non-hydrogen) atoms. The van der Waals surface area contributed by atoms with E-state index >= 15 is 0 Å². The average molecular weight is 296 g/mol. The molecule has 1 fully saturated rings. The van der Waals surface area contributed by atoms with E-state index in [1.807, 2.05) is 0 Å². The number of halogens is 1. The second-order valence-electron chi connectivity index (χ2n) is 6.60. The summed E-state index contributed by atoms with van der Waals surface area (Å²) < 4.78 is 19.0. The van der Waals surface area contributed by atoms with Crippen molar-refractivity contribution in [3.8, 4) is 11.5 Å². The van der Waals surface area contributed by atoms with Gasteiger partial charge in [-0.3, -0.25) is 4.90 Å². The molecule has 1 aliphatic rings. The van der Waals surface area contributed by atoms with Crippen LogP contribution in [0.1, 0.15) is 32.4 Å². The predicted octanol–water partition coefficient (Wildman–Crippen LogP) is 2.53. The maximum Gasteiger partial charge on any atom is 0.163 e. The molecule has 0 aliphatic carbocycles. The number of hydrogen-bond donors (Lipinski definition) is 2. The molecule has 1 aromatic carbocycles. The van der Waals surface area contributed by atoms with Crippen LogP contribution in [-0.2, 0) is 0 Å². The van der Waals surface area contributed by atoms with Gasteiger partial charge in [0.05, 0.1) is 7.11 Å². The van der Waals surface area contributed by atoms with E-state index in [0.29, 0.717) is 5.56 Å². The van der Waals surface area contributed by atoms with E-state index in [0.717, 1.165) is 26.2 Å². The molecule has 1 atom stereocenters. The van der Waals surface area contributed by atoms with Crippen LogP contribution in [0, 0.1) is 11.2 Å². The molecule has 1 heterocycles. The first-order valence-electron chi connectivity index (χ1n) is 7.35. The van der Waals surface area contributed by atoms with Crippen molar-refractivity contribution in [2.45, 2.75) is 26.8 Å². The summed E-state index contributed by atoms with van der Waals surface area (Å²) in [6.07, 6.45) is 0. The highest BCUT2D eigenvalue weighted by Gasteiger charge is 2.35. The molecular formula is C16H25FN2O2. The third kappa shape index (κ3) is 3.47. The second-order valence-corrected chi connectivity index (χ2v) is 6.60. The number of nitrogens with zero attached hydrogens (tertiary/aromatic N) is 1. The van der Waals surface area contributed by atoms with E-state index in [1.54, 1.807) is 0 Å². The van der Waals surface area contributed by atoms with Gasteiger partial charge in [0.1, 0.15) is 5.82 Å². The smallest absolute Gasteiger partial charge is 0.163 e. The van der Waals surface area contributed by atoms with Crippen molar-refractivity contribution in [2.24, 2.45) is 5.41 Å². The Morgan fingerprint density at radius 3 is 2.43 bits per heavy atom. The molecule has 1 aliphatic heterocycles. The molecule has 1 saturated heterocycles. The highest BCUT2D eigenvalue weighted by molar-refractivity contribution is 5.48. The van der Waals surface area contributed by atoms with Crippen molar-refractivity contribution in [2.75, 3.05) is 33.3 Å². The fourth-order valence-corrected chi connectivity index (χ4v) is 3.11. The lowest BCUT2D eigenvalue weighted by Crippen LogP contribution is -2.48. The summed E-state index contributed by atoms with van der Waals surface area (Å²) in [6, 6.07) is 2.58. The number of hydrogen-bond acceptors (Lipinski definition) is 4. The summed E-state index contributed by atoms with van der Waals surface area (Å²) in [6.45, 7) is 9.88. The molecule has 0 bridgehead atoms. The monoisotopic (exact) mass is 296 g/mol. The third-order valence-electron chi connectivity index (χ3n) is 3.92. The number of phenolic OH excluding ortho intramolecular Hbond substituents is 1. The van der Waals surface area contributed by atoms with Gasteiger partial charge in [0.25, 0.3) is 0 Å². The van der Waals surface area contributed by atoms with Crippen LogP contribution in [0.5, 0.6) is 11.5 Å². The largest absolute Gasteiger partial charge is 0.504 e. The maximum absolute atomic E-state index is 13.9. The zero-order valence-corrected chi connectivity index (χ0v) is 13.2. The maximum atomic E-state index is 13.9. The Labute approximate surface area is 125 Å². The molecule has 0 saturated carbocycles. The zero-order chi connectivity index (χ0) is 15.6. The van der Waals surface area contributed by atoms with Crippen LogP contribution in [0.2, 0.25) is 0 Å². The lowest BCUT2D eigenvalue weighted by atomic mass is 9.80. The fourth-order valence-electron chi connectivity index (χ4n) is 3.11. The van der Waals surface area contributed by atoms with E-state index in [2.05, 4.69) is 31.0 Å². The van der Waals surface area contributed by atoms with Crippen molar-refractivity contribution in [1.29, 1.82) is 0 Å². The van der Waals surface area contributed by atoms with Gasteiger partial charge in [-0.1, -0.05) is 20.8 Å². The van der Waals surface area contributed by atoms with Crippen molar-refractivity contribution >= 4 is 0 Å². The molecule has 1 aromatic rings. The molecule has 4 nitrogen and oxygen atoms in total. The minimum atomic E-state index is -0.385. The fraction of sp³-hybridized carbons (Fsp3) is 0.625. The van der Waals surface area contributed by atoms with Crippen LogP contribution in [0.15, 0.2) is 12.1 Å². The van der Waals surface area contributed by atoms with Gasteiger partial charge in [-0.05, 0) is 11.5 Å².